The Labute approximate surface area is 123 Å². The van der Waals surface area contributed by atoms with Gasteiger partial charge in [-0.1, -0.05) is 5.92 Å². The Kier molecular flexibility index (Phi) is 4.29. The summed E-state index contributed by atoms with van der Waals surface area (Å²) >= 11 is 0. The van der Waals surface area contributed by atoms with Gasteiger partial charge in [0.05, 0.1) is 19.9 Å². The highest BCUT2D eigenvalue weighted by molar-refractivity contribution is 5.93. The zero-order valence-corrected chi connectivity index (χ0v) is 12.4. The van der Waals surface area contributed by atoms with Crippen molar-refractivity contribution in [2.75, 3.05) is 14.2 Å². The van der Waals surface area contributed by atoms with Crippen LogP contribution >= 0.6 is 0 Å². The second-order valence-corrected chi connectivity index (χ2v) is 4.40. The maximum absolute atomic E-state index is 11.8. The average molecular weight is 284 g/mol. The summed E-state index contributed by atoms with van der Waals surface area (Å²) in [6, 6.07) is 7.35. The molecule has 0 bridgehead atoms. The molecule has 0 amide bonds. The first-order chi connectivity index (χ1) is 10.1. The number of carbonyl (C=O) groups is 1. The molecule has 0 spiro atoms. The van der Waals surface area contributed by atoms with Crippen molar-refractivity contribution in [3.05, 3.63) is 46.8 Å². The number of ether oxygens (including phenoxy) is 2. The number of aryl methyl sites for hydroxylation is 1. The van der Waals surface area contributed by atoms with Gasteiger partial charge >= 0.3 is 5.97 Å². The van der Waals surface area contributed by atoms with Crippen molar-refractivity contribution >= 4 is 5.97 Å². The Bertz CT molecular complexity index is 718. The van der Waals surface area contributed by atoms with Crippen molar-refractivity contribution in [3.63, 3.8) is 0 Å². The minimum absolute atomic E-state index is 0.404. The van der Waals surface area contributed by atoms with Crippen molar-refractivity contribution in [1.82, 2.24) is 9.78 Å². The first kappa shape index (κ1) is 14.7. The molecular weight excluding hydrogens is 268 g/mol. The van der Waals surface area contributed by atoms with Crippen molar-refractivity contribution in [3.8, 4) is 17.6 Å². The summed E-state index contributed by atoms with van der Waals surface area (Å²) in [5.74, 6) is 6.24. The SMILES string of the molecule is COC(=O)c1c(C#Cc2ccc(OC)cc2)nn(C)c1C. The zero-order valence-electron chi connectivity index (χ0n) is 12.4. The molecule has 0 saturated carbocycles. The van der Waals surface area contributed by atoms with Crippen LogP contribution in [0.5, 0.6) is 5.75 Å². The van der Waals surface area contributed by atoms with Crippen molar-refractivity contribution in [1.29, 1.82) is 0 Å². The largest absolute Gasteiger partial charge is 0.497 e. The van der Waals surface area contributed by atoms with Gasteiger partial charge in [0.2, 0.25) is 0 Å². The maximum atomic E-state index is 11.8. The van der Waals surface area contributed by atoms with Crippen LogP contribution in [0.15, 0.2) is 24.3 Å². The monoisotopic (exact) mass is 284 g/mol. The molecule has 21 heavy (non-hydrogen) atoms. The quantitative estimate of drug-likeness (QED) is 0.624. The number of aromatic nitrogens is 2. The lowest BCUT2D eigenvalue weighted by Gasteiger charge is -1.98. The average Bonchev–Trinajstić information content (AvgIpc) is 2.80. The van der Waals surface area contributed by atoms with Crippen LogP contribution in [0.2, 0.25) is 0 Å². The van der Waals surface area contributed by atoms with E-state index in [9.17, 15) is 4.79 Å². The predicted molar refractivity (Wildman–Crippen MR) is 78.3 cm³/mol. The third-order valence-electron chi connectivity index (χ3n) is 3.14. The van der Waals surface area contributed by atoms with E-state index < -0.39 is 5.97 Å². The van der Waals surface area contributed by atoms with Gasteiger partial charge in [-0.3, -0.25) is 4.68 Å². The van der Waals surface area contributed by atoms with Crippen LogP contribution in [0.25, 0.3) is 0 Å². The molecule has 108 valence electrons. The second kappa shape index (κ2) is 6.14. The summed E-state index contributed by atoms with van der Waals surface area (Å²) in [4.78, 5) is 11.8. The molecule has 0 aliphatic rings. The lowest BCUT2D eigenvalue weighted by molar-refractivity contribution is 0.0599. The molecule has 0 N–H and O–H groups in total. The number of methoxy groups -OCH3 is 2. The summed E-state index contributed by atoms with van der Waals surface area (Å²) in [6.07, 6.45) is 0. The molecular formula is C16H16N2O3. The van der Waals surface area contributed by atoms with E-state index in [1.807, 2.05) is 24.3 Å². The van der Waals surface area contributed by atoms with Crippen LogP contribution in [0, 0.1) is 18.8 Å². The molecule has 0 aliphatic carbocycles. The van der Waals surface area contributed by atoms with E-state index in [0.717, 1.165) is 17.0 Å². The number of benzene rings is 1. The summed E-state index contributed by atoms with van der Waals surface area (Å²) in [5, 5.41) is 4.25. The zero-order chi connectivity index (χ0) is 15.4. The summed E-state index contributed by atoms with van der Waals surface area (Å²) < 4.78 is 11.5. The number of esters is 1. The van der Waals surface area contributed by atoms with E-state index in [2.05, 4.69) is 16.9 Å². The molecule has 0 unspecified atom stereocenters. The minimum Gasteiger partial charge on any atom is -0.497 e. The fourth-order valence-corrected chi connectivity index (χ4v) is 1.85. The molecule has 5 nitrogen and oxygen atoms in total. The molecule has 1 aromatic carbocycles. The van der Waals surface area contributed by atoms with Gasteiger partial charge in [0.15, 0.2) is 0 Å². The third kappa shape index (κ3) is 3.06. The van der Waals surface area contributed by atoms with Gasteiger partial charge in [-0.15, -0.1) is 0 Å². The van der Waals surface area contributed by atoms with Gasteiger partial charge < -0.3 is 9.47 Å². The minimum atomic E-state index is -0.431. The van der Waals surface area contributed by atoms with Crippen LogP contribution in [-0.4, -0.2) is 30.0 Å². The molecule has 1 heterocycles. The van der Waals surface area contributed by atoms with Crippen molar-refractivity contribution < 1.29 is 14.3 Å². The van der Waals surface area contributed by atoms with Gasteiger partial charge in [-0.25, -0.2) is 4.79 Å². The Balaban J connectivity index is 2.37. The van der Waals surface area contributed by atoms with E-state index >= 15 is 0 Å². The first-order valence-electron chi connectivity index (χ1n) is 6.34. The molecule has 0 saturated heterocycles. The van der Waals surface area contributed by atoms with E-state index in [1.54, 1.807) is 25.8 Å². The molecule has 2 aromatic rings. The Morgan fingerprint density at radius 1 is 1.19 bits per heavy atom. The number of rotatable bonds is 2. The summed E-state index contributed by atoms with van der Waals surface area (Å²) in [6.45, 7) is 1.80. The van der Waals surface area contributed by atoms with Gasteiger partial charge in [-0.05, 0) is 37.1 Å². The normalized spacial score (nSPS) is 9.71. The van der Waals surface area contributed by atoms with E-state index in [4.69, 9.17) is 9.47 Å². The van der Waals surface area contributed by atoms with E-state index in [-0.39, 0.29) is 0 Å². The van der Waals surface area contributed by atoms with Crippen LogP contribution < -0.4 is 4.74 Å². The van der Waals surface area contributed by atoms with E-state index in [1.165, 1.54) is 7.11 Å². The molecule has 0 atom stereocenters. The lowest BCUT2D eigenvalue weighted by Crippen LogP contribution is -2.04. The number of nitrogens with zero attached hydrogens (tertiary/aromatic N) is 2. The molecule has 0 radical (unpaired) electrons. The standard InChI is InChI=1S/C16H16N2O3/c1-11-15(16(19)21-4)14(17-18(11)2)10-7-12-5-8-13(20-3)9-6-12/h5-6,8-9H,1-4H3. The van der Waals surface area contributed by atoms with Crippen LogP contribution in [0.3, 0.4) is 0 Å². The smallest absolute Gasteiger partial charge is 0.342 e. The molecule has 5 heteroatoms. The van der Waals surface area contributed by atoms with Crippen LogP contribution in [0.1, 0.15) is 27.3 Å². The van der Waals surface area contributed by atoms with E-state index in [0.29, 0.717) is 11.3 Å². The predicted octanol–water partition coefficient (Wildman–Crippen LogP) is 1.92. The van der Waals surface area contributed by atoms with Gasteiger partial charge in [0.1, 0.15) is 17.0 Å². The topological polar surface area (TPSA) is 53.4 Å². The Hall–Kier alpha value is -2.74. The van der Waals surface area contributed by atoms with Gasteiger partial charge in [0.25, 0.3) is 0 Å². The first-order valence-corrected chi connectivity index (χ1v) is 6.34. The third-order valence-corrected chi connectivity index (χ3v) is 3.14. The second-order valence-electron chi connectivity index (χ2n) is 4.40. The number of hydrogen-bond acceptors (Lipinski definition) is 4. The lowest BCUT2D eigenvalue weighted by atomic mass is 10.1. The number of hydrogen-bond donors (Lipinski definition) is 0. The van der Waals surface area contributed by atoms with Crippen LogP contribution in [-0.2, 0) is 11.8 Å². The van der Waals surface area contributed by atoms with Gasteiger partial charge in [-0.2, -0.15) is 5.10 Å². The maximum Gasteiger partial charge on any atom is 0.342 e. The highest BCUT2D eigenvalue weighted by Crippen LogP contribution is 2.14. The highest BCUT2D eigenvalue weighted by Gasteiger charge is 2.19. The van der Waals surface area contributed by atoms with Gasteiger partial charge in [0, 0.05) is 12.6 Å². The Morgan fingerprint density at radius 3 is 2.43 bits per heavy atom. The molecule has 2 rings (SSSR count). The molecule has 1 aromatic heterocycles. The fraction of sp³-hybridized carbons (Fsp3) is 0.250. The number of carbonyl (C=O) groups excluding carboxylic acids is 1. The van der Waals surface area contributed by atoms with Crippen LogP contribution in [0.4, 0.5) is 0 Å². The fourth-order valence-electron chi connectivity index (χ4n) is 1.85. The summed E-state index contributed by atoms with van der Waals surface area (Å²) in [7, 11) is 4.72. The highest BCUT2D eigenvalue weighted by atomic mass is 16.5. The summed E-state index contributed by atoms with van der Waals surface area (Å²) in [5.41, 5.74) is 2.36. The Morgan fingerprint density at radius 2 is 1.86 bits per heavy atom. The van der Waals surface area contributed by atoms with Crippen molar-refractivity contribution in [2.45, 2.75) is 6.92 Å². The van der Waals surface area contributed by atoms with Crippen molar-refractivity contribution in [2.24, 2.45) is 7.05 Å². The molecule has 0 fully saturated rings. The molecule has 0 aliphatic heterocycles.